The molecule has 4 nitrogen and oxygen atoms in total. The third-order valence-corrected chi connectivity index (χ3v) is 2.25. The van der Waals surface area contributed by atoms with Crippen LogP contribution in [-0.2, 0) is 7.05 Å². The van der Waals surface area contributed by atoms with Gasteiger partial charge in [0.1, 0.15) is 0 Å². The van der Waals surface area contributed by atoms with Gasteiger partial charge in [0, 0.05) is 37.0 Å². The highest BCUT2D eigenvalue weighted by Crippen LogP contribution is 2.09. The van der Waals surface area contributed by atoms with Crippen LogP contribution in [0, 0.1) is 6.92 Å². The maximum Gasteiger partial charge on any atom is 0.257 e. The van der Waals surface area contributed by atoms with Gasteiger partial charge in [0.2, 0.25) is 0 Å². The van der Waals surface area contributed by atoms with Crippen LogP contribution in [0.5, 0.6) is 0 Å². The average molecular weight is 215 g/mol. The zero-order chi connectivity index (χ0) is 11.5. The van der Waals surface area contributed by atoms with Crippen LogP contribution in [0.25, 0.3) is 0 Å². The van der Waals surface area contributed by atoms with Crippen molar-refractivity contribution < 1.29 is 4.79 Å². The van der Waals surface area contributed by atoms with Gasteiger partial charge in [0.15, 0.2) is 0 Å². The Balaban J connectivity index is 2.13. The highest BCUT2D eigenvalue weighted by molar-refractivity contribution is 6.04. The van der Waals surface area contributed by atoms with Gasteiger partial charge in [-0.3, -0.25) is 9.78 Å². The lowest BCUT2D eigenvalue weighted by Gasteiger charge is -2.03. The topological polar surface area (TPSA) is 46.9 Å². The molecule has 1 amide bonds. The summed E-state index contributed by atoms with van der Waals surface area (Å²) in [4.78, 5) is 15.9. The summed E-state index contributed by atoms with van der Waals surface area (Å²) in [7, 11) is 1.88. The summed E-state index contributed by atoms with van der Waals surface area (Å²) in [5.74, 6) is -0.105. The minimum absolute atomic E-state index is 0.105. The summed E-state index contributed by atoms with van der Waals surface area (Å²) in [6, 6.07) is 5.39. The van der Waals surface area contributed by atoms with E-state index in [2.05, 4.69) is 10.3 Å². The molecule has 0 unspecified atom stereocenters. The number of rotatable bonds is 2. The van der Waals surface area contributed by atoms with Crippen molar-refractivity contribution in [1.82, 2.24) is 9.55 Å². The quantitative estimate of drug-likeness (QED) is 0.832. The SMILES string of the molecule is Cc1cc(NC(=O)c2ccn(C)c2)ccn1. The molecule has 4 heteroatoms. The molecule has 0 aliphatic rings. The highest BCUT2D eigenvalue weighted by atomic mass is 16.1. The highest BCUT2D eigenvalue weighted by Gasteiger charge is 2.06. The van der Waals surface area contributed by atoms with E-state index in [-0.39, 0.29) is 5.91 Å². The Morgan fingerprint density at radius 1 is 1.44 bits per heavy atom. The average Bonchev–Trinajstić information content (AvgIpc) is 2.65. The van der Waals surface area contributed by atoms with Crippen LogP contribution >= 0.6 is 0 Å². The van der Waals surface area contributed by atoms with E-state index in [9.17, 15) is 4.79 Å². The first-order valence-electron chi connectivity index (χ1n) is 5.01. The molecule has 1 N–H and O–H groups in total. The van der Waals surface area contributed by atoms with E-state index in [1.807, 2.05) is 30.8 Å². The Morgan fingerprint density at radius 2 is 2.25 bits per heavy atom. The molecule has 0 radical (unpaired) electrons. The number of carbonyl (C=O) groups excluding carboxylic acids is 1. The molecule has 0 atom stereocenters. The molecule has 82 valence electrons. The van der Waals surface area contributed by atoms with E-state index in [1.165, 1.54) is 0 Å². The number of carbonyl (C=O) groups is 1. The minimum Gasteiger partial charge on any atom is -0.356 e. The molecule has 0 saturated carbocycles. The van der Waals surface area contributed by atoms with Crippen molar-refractivity contribution in [3.63, 3.8) is 0 Å². The summed E-state index contributed by atoms with van der Waals surface area (Å²) in [6.07, 6.45) is 5.30. The normalized spacial score (nSPS) is 10.1. The van der Waals surface area contributed by atoms with Crippen LogP contribution in [-0.4, -0.2) is 15.5 Å². The minimum atomic E-state index is -0.105. The molecule has 2 aromatic rings. The molecule has 0 fully saturated rings. The molecular formula is C12H13N3O. The number of aromatic nitrogens is 2. The molecule has 0 saturated heterocycles. The number of pyridine rings is 1. The number of nitrogens with zero attached hydrogens (tertiary/aromatic N) is 2. The Hall–Kier alpha value is -2.10. The van der Waals surface area contributed by atoms with Gasteiger partial charge in [0.25, 0.3) is 5.91 Å². The van der Waals surface area contributed by atoms with Gasteiger partial charge in [-0.25, -0.2) is 0 Å². The Labute approximate surface area is 93.9 Å². The molecule has 0 bridgehead atoms. The van der Waals surface area contributed by atoms with Crippen molar-refractivity contribution in [2.75, 3.05) is 5.32 Å². The number of aryl methyl sites for hydroxylation is 2. The van der Waals surface area contributed by atoms with Gasteiger partial charge in [-0.05, 0) is 25.1 Å². The van der Waals surface area contributed by atoms with Crippen molar-refractivity contribution in [2.45, 2.75) is 6.92 Å². The molecule has 0 aromatic carbocycles. The Bertz CT molecular complexity index is 516. The molecule has 0 aliphatic heterocycles. The number of anilines is 1. The van der Waals surface area contributed by atoms with Crippen LogP contribution in [0.4, 0.5) is 5.69 Å². The van der Waals surface area contributed by atoms with Crippen molar-refractivity contribution in [2.24, 2.45) is 7.05 Å². The van der Waals surface area contributed by atoms with Crippen molar-refractivity contribution >= 4 is 11.6 Å². The lowest BCUT2D eigenvalue weighted by atomic mass is 10.3. The smallest absolute Gasteiger partial charge is 0.257 e. The summed E-state index contributed by atoms with van der Waals surface area (Å²) in [5.41, 5.74) is 2.30. The fourth-order valence-corrected chi connectivity index (χ4v) is 1.46. The molecule has 2 aromatic heterocycles. The first kappa shape index (κ1) is 10.4. The summed E-state index contributed by atoms with van der Waals surface area (Å²) >= 11 is 0. The second-order valence-corrected chi connectivity index (χ2v) is 3.71. The van der Waals surface area contributed by atoms with Crippen LogP contribution < -0.4 is 5.32 Å². The maximum absolute atomic E-state index is 11.8. The van der Waals surface area contributed by atoms with E-state index >= 15 is 0 Å². The standard InChI is InChI=1S/C12H13N3O/c1-9-7-11(3-5-13-9)14-12(16)10-4-6-15(2)8-10/h3-8H,1-2H3,(H,13,14,16). The lowest BCUT2D eigenvalue weighted by Crippen LogP contribution is -2.11. The van der Waals surface area contributed by atoms with E-state index in [1.54, 1.807) is 24.5 Å². The molecule has 16 heavy (non-hydrogen) atoms. The fraction of sp³-hybridized carbons (Fsp3) is 0.167. The third kappa shape index (κ3) is 2.28. The number of hydrogen-bond donors (Lipinski definition) is 1. The molecule has 2 rings (SSSR count). The van der Waals surface area contributed by atoms with E-state index < -0.39 is 0 Å². The summed E-state index contributed by atoms with van der Waals surface area (Å²) in [5, 5.41) is 2.82. The number of hydrogen-bond acceptors (Lipinski definition) is 2. The van der Waals surface area contributed by atoms with E-state index in [0.717, 1.165) is 11.4 Å². The molecular weight excluding hydrogens is 202 g/mol. The molecule has 0 aliphatic carbocycles. The maximum atomic E-state index is 11.8. The zero-order valence-corrected chi connectivity index (χ0v) is 9.27. The largest absolute Gasteiger partial charge is 0.356 e. The predicted molar refractivity (Wildman–Crippen MR) is 62.3 cm³/mol. The van der Waals surface area contributed by atoms with Crippen LogP contribution in [0.1, 0.15) is 16.1 Å². The van der Waals surface area contributed by atoms with Gasteiger partial charge >= 0.3 is 0 Å². The molecule has 2 heterocycles. The fourth-order valence-electron chi connectivity index (χ4n) is 1.46. The van der Waals surface area contributed by atoms with Gasteiger partial charge in [-0.1, -0.05) is 0 Å². The predicted octanol–water partition coefficient (Wildman–Crippen LogP) is 1.98. The Kier molecular flexibility index (Phi) is 2.72. The Morgan fingerprint density at radius 3 is 2.88 bits per heavy atom. The zero-order valence-electron chi connectivity index (χ0n) is 9.27. The summed E-state index contributed by atoms with van der Waals surface area (Å²) < 4.78 is 1.84. The number of amides is 1. The second kappa shape index (κ2) is 4.18. The van der Waals surface area contributed by atoms with Crippen LogP contribution in [0.3, 0.4) is 0 Å². The van der Waals surface area contributed by atoms with E-state index in [0.29, 0.717) is 5.56 Å². The van der Waals surface area contributed by atoms with Crippen molar-refractivity contribution in [3.05, 3.63) is 48.0 Å². The first-order chi connectivity index (χ1) is 7.65. The number of nitrogens with one attached hydrogen (secondary N) is 1. The van der Waals surface area contributed by atoms with Gasteiger partial charge < -0.3 is 9.88 Å². The van der Waals surface area contributed by atoms with Crippen LogP contribution in [0.2, 0.25) is 0 Å². The molecule has 0 spiro atoms. The van der Waals surface area contributed by atoms with Gasteiger partial charge in [-0.15, -0.1) is 0 Å². The first-order valence-corrected chi connectivity index (χ1v) is 5.01. The van der Waals surface area contributed by atoms with Crippen molar-refractivity contribution in [1.29, 1.82) is 0 Å². The third-order valence-electron chi connectivity index (χ3n) is 2.25. The lowest BCUT2D eigenvalue weighted by molar-refractivity contribution is 0.102. The van der Waals surface area contributed by atoms with Crippen molar-refractivity contribution in [3.8, 4) is 0 Å². The van der Waals surface area contributed by atoms with Crippen LogP contribution in [0.15, 0.2) is 36.8 Å². The van der Waals surface area contributed by atoms with Gasteiger partial charge in [-0.2, -0.15) is 0 Å². The van der Waals surface area contributed by atoms with Gasteiger partial charge in [0.05, 0.1) is 5.56 Å². The second-order valence-electron chi connectivity index (χ2n) is 3.71. The van der Waals surface area contributed by atoms with E-state index in [4.69, 9.17) is 0 Å². The monoisotopic (exact) mass is 215 g/mol. The summed E-state index contributed by atoms with van der Waals surface area (Å²) in [6.45, 7) is 1.89.